The first-order chi connectivity index (χ1) is 11.8. The molecule has 2 N–H and O–H groups in total. The fourth-order valence-corrected chi connectivity index (χ4v) is 2.96. The molecule has 0 radical (unpaired) electrons. The molecular weight excluding hydrogens is 320 g/mol. The van der Waals surface area contributed by atoms with Crippen molar-refractivity contribution in [3.8, 4) is 0 Å². The van der Waals surface area contributed by atoms with Crippen LogP contribution in [0, 0.1) is 0 Å². The molecule has 7 heteroatoms. The average molecular weight is 346 g/mol. The van der Waals surface area contributed by atoms with E-state index in [0.29, 0.717) is 30.3 Å². The summed E-state index contributed by atoms with van der Waals surface area (Å²) in [6.07, 6.45) is 0. The van der Waals surface area contributed by atoms with Crippen molar-refractivity contribution in [2.24, 2.45) is 0 Å². The highest BCUT2D eigenvalue weighted by Gasteiger charge is 2.28. The fraction of sp³-hybridized carbons (Fsp3) is 0.556. The third-order valence-electron chi connectivity index (χ3n) is 4.44. The smallest absolute Gasteiger partial charge is 0.322 e. The minimum atomic E-state index is -0.203. The number of hydrogen-bond acceptors (Lipinski definition) is 5. The fourth-order valence-electron chi connectivity index (χ4n) is 2.96. The van der Waals surface area contributed by atoms with Gasteiger partial charge in [-0.15, -0.1) is 0 Å². The Balaban J connectivity index is 1.77. The molecule has 1 aliphatic rings. The molecule has 136 valence electrons. The minimum Gasteiger partial charge on any atom is -0.440 e. The zero-order valence-electron chi connectivity index (χ0n) is 15.2. The number of fused-ring (bicyclic) bond motifs is 1. The van der Waals surface area contributed by atoms with E-state index < -0.39 is 0 Å². The van der Waals surface area contributed by atoms with Gasteiger partial charge in [-0.05, 0) is 25.2 Å². The normalized spacial score (nSPS) is 19.4. The van der Waals surface area contributed by atoms with Gasteiger partial charge in [0.2, 0.25) is 5.89 Å². The third-order valence-corrected chi connectivity index (χ3v) is 4.44. The van der Waals surface area contributed by atoms with E-state index in [1.165, 1.54) is 0 Å². The van der Waals surface area contributed by atoms with E-state index in [2.05, 4.69) is 15.2 Å². The van der Waals surface area contributed by atoms with Gasteiger partial charge in [0.05, 0.1) is 12.6 Å². The van der Waals surface area contributed by atoms with Crippen molar-refractivity contribution in [3.63, 3.8) is 0 Å². The number of oxazole rings is 1. The molecule has 1 aliphatic heterocycles. The van der Waals surface area contributed by atoms with Crippen molar-refractivity contribution in [2.75, 3.05) is 38.6 Å². The summed E-state index contributed by atoms with van der Waals surface area (Å²) < 4.78 is 5.78. The van der Waals surface area contributed by atoms with Gasteiger partial charge in [-0.1, -0.05) is 20.8 Å². The molecule has 1 aromatic carbocycles. The Kier molecular flexibility index (Phi) is 4.71. The van der Waals surface area contributed by atoms with E-state index >= 15 is 0 Å². The first-order valence-electron chi connectivity index (χ1n) is 8.56. The van der Waals surface area contributed by atoms with Crippen molar-refractivity contribution in [3.05, 3.63) is 24.1 Å². The number of aliphatic hydroxyl groups is 1. The predicted molar refractivity (Wildman–Crippen MR) is 96.8 cm³/mol. The van der Waals surface area contributed by atoms with Gasteiger partial charge >= 0.3 is 6.03 Å². The molecule has 2 aromatic rings. The van der Waals surface area contributed by atoms with Gasteiger partial charge in [-0.25, -0.2) is 9.78 Å². The number of aromatic nitrogens is 1. The number of likely N-dealkylation sites (N-methyl/N-ethyl adjacent to an activating group) is 1. The van der Waals surface area contributed by atoms with E-state index in [1.807, 2.05) is 46.0 Å². The molecule has 1 fully saturated rings. The van der Waals surface area contributed by atoms with Crippen LogP contribution in [0.3, 0.4) is 0 Å². The van der Waals surface area contributed by atoms with Gasteiger partial charge in [0.25, 0.3) is 0 Å². The van der Waals surface area contributed by atoms with Crippen LogP contribution in [0.25, 0.3) is 11.1 Å². The van der Waals surface area contributed by atoms with Gasteiger partial charge < -0.3 is 24.6 Å². The van der Waals surface area contributed by atoms with Crippen LogP contribution in [0.5, 0.6) is 0 Å². The van der Waals surface area contributed by atoms with Crippen LogP contribution in [-0.4, -0.2) is 65.3 Å². The summed E-state index contributed by atoms with van der Waals surface area (Å²) in [6, 6.07) is 5.05. The second-order valence-electron chi connectivity index (χ2n) is 7.67. The number of aliphatic hydroxyl groups excluding tert-OH is 1. The highest BCUT2D eigenvalue weighted by molar-refractivity contribution is 5.92. The standard InChI is InChI=1S/C18H26N4O3/c1-18(2,3)16-20-14-9-12(5-6-15(14)25-16)19-17(24)22-8-7-21(4)10-13(22)11-23/h5-6,9,13,23H,7-8,10-11H2,1-4H3,(H,19,24). The van der Waals surface area contributed by atoms with Crippen LogP contribution >= 0.6 is 0 Å². The van der Waals surface area contributed by atoms with Crippen molar-refractivity contribution in [1.29, 1.82) is 0 Å². The zero-order chi connectivity index (χ0) is 18.2. The lowest BCUT2D eigenvalue weighted by molar-refractivity contribution is 0.0777. The topological polar surface area (TPSA) is 81.8 Å². The van der Waals surface area contributed by atoms with E-state index in [0.717, 1.165) is 12.1 Å². The second-order valence-corrected chi connectivity index (χ2v) is 7.67. The Hall–Kier alpha value is -2.12. The van der Waals surface area contributed by atoms with Gasteiger partial charge in [-0.2, -0.15) is 0 Å². The Morgan fingerprint density at radius 3 is 2.84 bits per heavy atom. The molecule has 25 heavy (non-hydrogen) atoms. The summed E-state index contributed by atoms with van der Waals surface area (Å²) >= 11 is 0. The van der Waals surface area contributed by atoms with Gasteiger partial charge in [0, 0.05) is 30.7 Å². The van der Waals surface area contributed by atoms with Crippen LogP contribution in [-0.2, 0) is 5.41 Å². The lowest BCUT2D eigenvalue weighted by Crippen LogP contribution is -2.56. The Morgan fingerprint density at radius 2 is 2.16 bits per heavy atom. The summed E-state index contributed by atoms with van der Waals surface area (Å²) in [6.45, 7) is 8.14. The monoisotopic (exact) mass is 346 g/mol. The highest BCUT2D eigenvalue weighted by atomic mass is 16.3. The maximum absolute atomic E-state index is 12.6. The van der Waals surface area contributed by atoms with E-state index in [9.17, 15) is 9.90 Å². The number of piperazine rings is 1. The van der Waals surface area contributed by atoms with Gasteiger partial charge in [0.15, 0.2) is 5.58 Å². The number of carbonyl (C=O) groups is 1. The molecule has 1 unspecified atom stereocenters. The van der Waals surface area contributed by atoms with E-state index in [4.69, 9.17) is 4.42 Å². The molecule has 7 nitrogen and oxygen atoms in total. The summed E-state index contributed by atoms with van der Waals surface area (Å²) in [7, 11) is 1.99. The highest BCUT2D eigenvalue weighted by Crippen LogP contribution is 2.27. The SMILES string of the molecule is CN1CCN(C(=O)Nc2ccc3oc(C(C)(C)C)nc3c2)C(CO)C1. The van der Waals surface area contributed by atoms with E-state index in [1.54, 1.807) is 4.90 Å². The van der Waals surface area contributed by atoms with Crippen LogP contribution < -0.4 is 5.32 Å². The molecule has 0 saturated carbocycles. The lowest BCUT2D eigenvalue weighted by Gasteiger charge is -2.39. The third kappa shape index (κ3) is 3.77. The average Bonchev–Trinajstić information content (AvgIpc) is 2.98. The van der Waals surface area contributed by atoms with Crippen molar-refractivity contribution >= 4 is 22.8 Å². The first kappa shape index (κ1) is 17.7. The summed E-state index contributed by atoms with van der Waals surface area (Å²) in [4.78, 5) is 20.9. The summed E-state index contributed by atoms with van der Waals surface area (Å²) in [5.41, 5.74) is 1.92. The number of nitrogens with one attached hydrogen (secondary N) is 1. The maximum Gasteiger partial charge on any atom is 0.322 e. The number of benzene rings is 1. The number of urea groups is 1. The molecule has 1 atom stereocenters. The molecule has 2 heterocycles. The number of nitrogens with zero attached hydrogens (tertiary/aromatic N) is 3. The van der Waals surface area contributed by atoms with Crippen molar-refractivity contribution in [1.82, 2.24) is 14.8 Å². The predicted octanol–water partition coefficient (Wildman–Crippen LogP) is 2.27. The van der Waals surface area contributed by atoms with Gasteiger partial charge in [0.1, 0.15) is 5.52 Å². The number of amides is 2. The molecule has 0 bridgehead atoms. The van der Waals surface area contributed by atoms with Crippen LogP contribution in [0.4, 0.5) is 10.5 Å². The van der Waals surface area contributed by atoms with Crippen LogP contribution in [0.15, 0.2) is 22.6 Å². The molecular formula is C18H26N4O3. The van der Waals surface area contributed by atoms with Gasteiger partial charge in [-0.3, -0.25) is 0 Å². The Morgan fingerprint density at radius 1 is 1.40 bits per heavy atom. The number of hydrogen-bond donors (Lipinski definition) is 2. The van der Waals surface area contributed by atoms with Crippen LogP contribution in [0.1, 0.15) is 26.7 Å². The molecule has 1 saturated heterocycles. The zero-order valence-corrected chi connectivity index (χ0v) is 15.2. The number of anilines is 1. The summed E-state index contributed by atoms with van der Waals surface area (Å²) in [5, 5.41) is 12.5. The number of carbonyl (C=O) groups excluding carboxylic acids is 1. The van der Waals surface area contributed by atoms with Crippen LogP contribution in [0.2, 0.25) is 0 Å². The molecule has 1 aromatic heterocycles. The largest absolute Gasteiger partial charge is 0.440 e. The maximum atomic E-state index is 12.6. The minimum absolute atomic E-state index is 0.0466. The molecule has 3 rings (SSSR count). The molecule has 0 spiro atoms. The lowest BCUT2D eigenvalue weighted by atomic mass is 9.97. The summed E-state index contributed by atoms with van der Waals surface area (Å²) in [5.74, 6) is 0.672. The second kappa shape index (κ2) is 6.65. The quantitative estimate of drug-likeness (QED) is 0.872. The van der Waals surface area contributed by atoms with Crippen molar-refractivity contribution < 1.29 is 14.3 Å². The van der Waals surface area contributed by atoms with E-state index in [-0.39, 0.29) is 24.1 Å². The van der Waals surface area contributed by atoms with Crippen molar-refractivity contribution in [2.45, 2.75) is 32.2 Å². The molecule has 2 amide bonds. The number of rotatable bonds is 2. The molecule has 0 aliphatic carbocycles. The Bertz CT molecular complexity index is 765. The Labute approximate surface area is 147 Å². The first-order valence-corrected chi connectivity index (χ1v) is 8.56.